The van der Waals surface area contributed by atoms with Gasteiger partial charge < -0.3 is 10.6 Å². The van der Waals surface area contributed by atoms with E-state index in [0.29, 0.717) is 33.2 Å². The first-order chi connectivity index (χ1) is 24.0. The number of aromatic nitrogens is 2. The van der Waals surface area contributed by atoms with E-state index >= 15 is 0 Å². The van der Waals surface area contributed by atoms with Gasteiger partial charge in [-0.2, -0.15) is 0 Å². The number of carbonyl (C=O) groups is 4. The minimum atomic E-state index is -0.469. The van der Waals surface area contributed by atoms with Crippen molar-refractivity contribution in [2.45, 2.75) is 25.7 Å². The average Bonchev–Trinajstić information content (AvgIpc) is 3.85. The van der Waals surface area contributed by atoms with Gasteiger partial charge in [0.1, 0.15) is 8.64 Å². The Hall–Kier alpha value is -3.22. The van der Waals surface area contributed by atoms with Gasteiger partial charge in [-0.15, -0.1) is 22.7 Å². The van der Waals surface area contributed by atoms with Crippen molar-refractivity contribution in [3.8, 4) is 0 Å². The Bertz CT molecular complexity index is 1890. The minimum absolute atomic E-state index is 0.0242. The van der Waals surface area contributed by atoms with Crippen molar-refractivity contribution in [1.29, 1.82) is 0 Å². The summed E-state index contributed by atoms with van der Waals surface area (Å²) in [6.07, 6.45) is 4.68. The van der Waals surface area contributed by atoms with Crippen LogP contribution < -0.4 is 10.6 Å². The molecule has 2 fully saturated rings. The number of nitrogens with one attached hydrogen (secondary N) is 2. The van der Waals surface area contributed by atoms with Crippen LogP contribution in [0, 0.1) is 0 Å². The quantitative estimate of drug-likeness (QED) is 0.111. The Morgan fingerprint density at radius 2 is 1.04 bits per heavy atom. The first-order valence-electron chi connectivity index (χ1n) is 14.8. The summed E-state index contributed by atoms with van der Waals surface area (Å²) in [7, 11) is 0. The van der Waals surface area contributed by atoms with E-state index in [4.69, 9.17) is 47.6 Å². The Kier molecular flexibility index (Phi) is 12.0. The highest BCUT2D eigenvalue weighted by Crippen LogP contribution is 2.42. The summed E-state index contributed by atoms with van der Waals surface area (Å²) >= 11 is 27.5. The number of rotatable bonds is 12. The predicted molar refractivity (Wildman–Crippen MR) is 210 cm³/mol. The van der Waals surface area contributed by atoms with Crippen LogP contribution in [-0.4, -0.2) is 65.1 Å². The number of thiocarbonyl (C=S) groups is 2. The topological polar surface area (TPSA) is 125 Å². The third-order valence-corrected chi connectivity index (χ3v) is 12.6. The molecular weight excluding hydrogens is 796 g/mol. The second-order valence-electron chi connectivity index (χ2n) is 10.8. The van der Waals surface area contributed by atoms with Gasteiger partial charge >= 0.3 is 0 Å². The second-order valence-corrected chi connectivity index (χ2v) is 17.2. The molecule has 2 aliphatic heterocycles. The van der Waals surface area contributed by atoms with Crippen molar-refractivity contribution in [1.82, 2.24) is 19.8 Å². The summed E-state index contributed by atoms with van der Waals surface area (Å²) < 4.78 is 0.474. The van der Waals surface area contributed by atoms with E-state index in [9.17, 15) is 19.2 Å². The maximum atomic E-state index is 13.3. The van der Waals surface area contributed by atoms with Crippen LogP contribution in [0.5, 0.6) is 0 Å². The molecule has 0 aliphatic carbocycles. The van der Waals surface area contributed by atoms with Crippen molar-refractivity contribution in [3.63, 3.8) is 0 Å². The molecule has 18 heteroatoms. The molecule has 0 unspecified atom stereocenters. The van der Waals surface area contributed by atoms with Crippen LogP contribution in [0.3, 0.4) is 0 Å². The third-order valence-electron chi connectivity index (χ3n) is 7.21. The highest BCUT2D eigenvalue weighted by atomic mass is 35.5. The predicted octanol–water partition coefficient (Wildman–Crippen LogP) is 7.38. The van der Waals surface area contributed by atoms with Crippen LogP contribution in [0.2, 0.25) is 10.0 Å². The summed E-state index contributed by atoms with van der Waals surface area (Å²) in [5, 5.41) is 7.77. The van der Waals surface area contributed by atoms with Gasteiger partial charge in [0.05, 0.1) is 9.81 Å². The van der Waals surface area contributed by atoms with E-state index in [1.165, 1.54) is 32.5 Å². The van der Waals surface area contributed by atoms with Crippen molar-refractivity contribution in [2.24, 2.45) is 0 Å². The van der Waals surface area contributed by atoms with Crippen LogP contribution in [0.15, 0.2) is 70.7 Å². The van der Waals surface area contributed by atoms with Crippen LogP contribution >= 0.6 is 93.8 Å². The first-order valence-corrected chi connectivity index (χ1v) is 19.7. The molecule has 2 aromatic heterocycles. The van der Waals surface area contributed by atoms with E-state index in [0.717, 1.165) is 44.4 Å². The number of thiazole rings is 2. The van der Waals surface area contributed by atoms with Crippen LogP contribution in [0.4, 0.5) is 10.3 Å². The van der Waals surface area contributed by atoms with E-state index < -0.39 is 11.8 Å². The lowest BCUT2D eigenvalue weighted by atomic mass is 10.1. The zero-order chi connectivity index (χ0) is 35.4. The van der Waals surface area contributed by atoms with Gasteiger partial charge in [-0.3, -0.25) is 29.0 Å². The van der Waals surface area contributed by atoms with Crippen molar-refractivity contribution in [2.75, 3.05) is 23.7 Å². The zero-order valence-corrected chi connectivity index (χ0v) is 32.1. The lowest BCUT2D eigenvalue weighted by Gasteiger charge is -2.14. The molecule has 2 aliphatic rings. The molecule has 10 nitrogen and oxygen atoms in total. The molecule has 6 rings (SSSR count). The fourth-order valence-corrected chi connectivity index (χ4v) is 9.50. The largest absolute Gasteiger partial charge is 0.302 e. The first kappa shape index (κ1) is 36.6. The third kappa shape index (κ3) is 9.16. The fourth-order valence-electron chi connectivity index (χ4n) is 4.75. The number of hydrogen-bond acceptors (Lipinski definition) is 12. The highest BCUT2D eigenvalue weighted by Gasteiger charge is 2.42. The Morgan fingerprint density at radius 1 is 0.660 bits per heavy atom. The number of thioether (sulfide) groups is 2. The van der Waals surface area contributed by atoms with Gasteiger partial charge in [-0.25, -0.2) is 9.97 Å². The maximum absolute atomic E-state index is 13.3. The van der Waals surface area contributed by atoms with Gasteiger partial charge in [0.15, 0.2) is 10.3 Å². The lowest BCUT2D eigenvalue weighted by molar-refractivity contribution is -0.125. The maximum Gasteiger partial charge on any atom is 0.267 e. The second kappa shape index (κ2) is 16.4. The van der Waals surface area contributed by atoms with Crippen LogP contribution in [0.1, 0.15) is 33.7 Å². The van der Waals surface area contributed by atoms with E-state index in [-0.39, 0.29) is 56.2 Å². The van der Waals surface area contributed by atoms with Crippen molar-refractivity contribution < 1.29 is 19.2 Å². The van der Waals surface area contributed by atoms with Gasteiger partial charge in [-0.05, 0) is 35.4 Å². The average molecular weight is 820 g/mol. The van der Waals surface area contributed by atoms with Gasteiger partial charge in [-0.1, -0.05) is 95.4 Å². The smallest absolute Gasteiger partial charge is 0.267 e. The molecule has 0 bridgehead atoms. The Morgan fingerprint density at radius 3 is 1.42 bits per heavy atom. The summed E-state index contributed by atoms with van der Waals surface area (Å²) in [5.74, 6) is -1.59. The fraction of sp³-hybridized carbons (Fsp3) is 0.188. The van der Waals surface area contributed by atoms with E-state index in [1.54, 1.807) is 12.4 Å². The number of hydrogen-bond donors (Lipinski definition) is 2. The Balaban J connectivity index is 0.979. The van der Waals surface area contributed by atoms with Crippen molar-refractivity contribution >= 4 is 136 Å². The number of halogens is 2. The number of carbonyl (C=O) groups excluding carboxylic acids is 4. The molecule has 2 saturated heterocycles. The summed E-state index contributed by atoms with van der Waals surface area (Å²) in [6, 6.07) is 15.0. The minimum Gasteiger partial charge on any atom is -0.302 e. The molecule has 50 heavy (non-hydrogen) atoms. The molecule has 4 aromatic rings. The monoisotopic (exact) mass is 818 g/mol. The molecule has 0 radical (unpaired) electrons. The van der Waals surface area contributed by atoms with Crippen LogP contribution in [-0.2, 0) is 32.0 Å². The molecule has 0 atom stereocenters. The number of anilines is 2. The molecule has 2 aromatic carbocycles. The summed E-state index contributed by atoms with van der Waals surface area (Å²) in [4.78, 5) is 65.5. The standard InChI is InChI=1S/C32H24Cl2N6O4S6/c33-19-5-1-17(2-6-19)13-21-15-35-29(47-21)37-23(41)9-11-39-27(43)25(49-31(39)45)26-28(44)40(32(46)50-26)12-10-24(42)38-30-36-16-22(48-30)14-18-3-7-20(34)8-4-18/h1-8,15-16H,9-14H2,(H,35,37,41)(H,36,38,42). The summed E-state index contributed by atoms with van der Waals surface area (Å²) in [5.41, 5.74) is 2.14. The molecule has 4 heterocycles. The molecular formula is C32H24Cl2N6O4S6. The molecule has 4 amide bonds. The molecule has 256 valence electrons. The molecule has 0 saturated carbocycles. The van der Waals surface area contributed by atoms with E-state index in [1.807, 2.05) is 48.5 Å². The van der Waals surface area contributed by atoms with Gasteiger partial charge in [0, 0.05) is 71.0 Å². The summed E-state index contributed by atoms with van der Waals surface area (Å²) in [6.45, 7) is 0.0588. The SMILES string of the molecule is O=C(CCN1C(=O)C(=C2SC(=S)N(CCC(=O)Nc3ncc(Cc4ccc(Cl)cc4)s3)C2=O)SC1=S)Nc1ncc(Cc2ccc(Cl)cc2)s1. The van der Waals surface area contributed by atoms with Crippen LogP contribution in [0.25, 0.3) is 0 Å². The molecule has 2 N–H and O–H groups in total. The normalized spacial score (nSPS) is 16.1. The number of nitrogens with zero attached hydrogens (tertiary/aromatic N) is 4. The highest BCUT2D eigenvalue weighted by molar-refractivity contribution is 8.29. The lowest BCUT2D eigenvalue weighted by Crippen LogP contribution is -2.33. The number of benzene rings is 2. The van der Waals surface area contributed by atoms with Gasteiger partial charge in [0.25, 0.3) is 11.8 Å². The number of amides is 4. The van der Waals surface area contributed by atoms with Crippen molar-refractivity contribution in [3.05, 3.63) is 102 Å². The zero-order valence-electron chi connectivity index (χ0n) is 25.6. The van der Waals surface area contributed by atoms with E-state index in [2.05, 4.69) is 20.6 Å². The Labute approximate surface area is 324 Å². The van der Waals surface area contributed by atoms with Gasteiger partial charge in [0.2, 0.25) is 11.8 Å². The molecule has 0 spiro atoms.